The van der Waals surface area contributed by atoms with E-state index in [2.05, 4.69) is 16.8 Å². The summed E-state index contributed by atoms with van der Waals surface area (Å²) in [6, 6.07) is 5.07. The van der Waals surface area contributed by atoms with Crippen molar-refractivity contribution in [1.82, 2.24) is 9.80 Å². The van der Waals surface area contributed by atoms with Crippen molar-refractivity contribution in [3.8, 4) is 0 Å². The summed E-state index contributed by atoms with van der Waals surface area (Å²) in [4.78, 5) is 5.25. The first kappa shape index (κ1) is 13.6. The number of rotatable bonds is 2. The lowest BCUT2D eigenvalue weighted by molar-refractivity contribution is 0.166. The molecule has 0 saturated carbocycles. The average Bonchev–Trinajstić information content (AvgIpc) is 2.66. The van der Waals surface area contributed by atoms with Gasteiger partial charge in [-0.2, -0.15) is 0 Å². The van der Waals surface area contributed by atoms with E-state index in [0.717, 1.165) is 26.2 Å². The Labute approximate surface area is 119 Å². The highest BCUT2D eigenvalue weighted by Crippen LogP contribution is 2.36. The lowest BCUT2D eigenvalue weighted by atomic mass is 10.1. The smallest absolute Gasteiger partial charge is 0.204 e. The van der Waals surface area contributed by atoms with Gasteiger partial charge in [-0.05, 0) is 25.3 Å². The molecular weight excluding hydrogens is 274 g/mol. The molecule has 5 nitrogen and oxygen atoms in total. The Balaban J connectivity index is 1.86. The van der Waals surface area contributed by atoms with Crippen LogP contribution in [0.2, 0.25) is 0 Å². The molecule has 1 aromatic carbocycles. The summed E-state index contributed by atoms with van der Waals surface area (Å²) in [5, 5.41) is 0. The number of hydrogen-bond acceptors (Lipinski definition) is 5. The van der Waals surface area contributed by atoms with Gasteiger partial charge < -0.3 is 10.6 Å². The maximum Gasteiger partial charge on any atom is 0.204 e. The first-order valence-corrected chi connectivity index (χ1v) is 8.22. The van der Waals surface area contributed by atoms with Gasteiger partial charge in [-0.15, -0.1) is 0 Å². The van der Waals surface area contributed by atoms with Crippen LogP contribution in [-0.4, -0.2) is 58.0 Å². The van der Waals surface area contributed by atoms with Gasteiger partial charge >= 0.3 is 0 Å². The van der Waals surface area contributed by atoms with Gasteiger partial charge in [0.2, 0.25) is 9.84 Å². The second-order valence-electron chi connectivity index (χ2n) is 5.45. The molecule has 0 amide bonds. The number of benzene rings is 1. The molecule has 20 heavy (non-hydrogen) atoms. The number of anilines is 1. The normalized spacial score (nSPS) is 22.6. The molecule has 0 atom stereocenters. The first-order valence-electron chi connectivity index (χ1n) is 6.73. The van der Waals surface area contributed by atoms with Gasteiger partial charge in [0.1, 0.15) is 0 Å². The Morgan fingerprint density at radius 2 is 1.90 bits per heavy atom. The monoisotopic (exact) mass is 293 g/mol. The lowest BCUT2D eigenvalue weighted by Gasteiger charge is -2.32. The Kier molecular flexibility index (Phi) is 3.32. The first-order chi connectivity index (χ1) is 9.48. The standard InChI is InChI=1S/C14H19N3O2S/c1-16-5-7-17(8-6-16)10-11-9-12-13(15)3-2-4-14(12)20(11,18)19/h2-4,9H,5-8,10,15H2,1H3. The van der Waals surface area contributed by atoms with Crippen molar-refractivity contribution in [3.63, 3.8) is 0 Å². The summed E-state index contributed by atoms with van der Waals surface area (Å²) in [5.41, 5.74) is 7.05. The van der Waals surface area contributed by atoms with Gasteiger partial charge in [0.15, 0.2) is 0 Å². The molecule has 2 heterocycles. The van der Waals surface area contributed by atoms with Crippen molar-refractivity contribution in [2.24, 2.45) is 0 Å². The van der Waals surface area contributed by atoms with Crippen LogP contribution in [0.3, 0.4) is 0 Å². The van der Waals surface area contributed by atoms with Crippen molar-refractivity contribution in [2.45, 2.75) is 4.90 Å². The molecule has 2 N–H and O–H groups in total. The van der Waals surface area contributed by atoms with Crippen LogP contribution in [0.1, 0.15) is 5.56 Å². The van der Waals surface area contributed by atoms with E-state index in [9.17, 15) is 8.42 Å². The number of nitrogen functional groups attached to an aromatic ring is 1. The number of likely N-dealkylation sites (N-methyl/N-ethyl adjacent to an activating group) is 1. The molecule has 3 rings (SSSR count). The fourth-order valence-corrected chi connectivity index (χ4v) is 4.32. The highest BCUT2D eigenvalue weighted by molar-refractivity contribution is 7.95. The maximum atomic E-state index is 12.5. The molecule has 108 valence electrons. The van der Waals surface area contributed by atoms with Crippen molar-refractivity contribution in [1.29, 1.82) is 0 Å². The van der Waals surface area contributed by atoms with E-state index >= 15 is 0 Å². The summed E-state index contributed by atoms with van der Waals surface area (Å²) in [5.74, 6) is 0. The molecule has 1 fully saturated rings. The fraction of sp³-hybridized carbons (Fsp3) is 0.429. The van der Waals surface area contributed by atoms with Gasteiger partial charge in [-0.1, -0.05) is 6.07 Å². The largest absolute Gasteiger partial charge is 0.398 e. The van der Waals surface area contributed by atoms with Crippen molar-refractivity contribution < 1.29 is 8.42 Å². The van der Waals surface area contributed by atoms with Gasteiger partial charge in [0.25, 0.3) is 0 Å². The number of sulfone groups is 1. The van der Waals surface area contributed by atoms with E-state index in [0.29, 0.717) is 27.6 Å². The second-order valence-corrected chi connectivity index (χ2v) is 7.42. The van der Waals surface area contributed by atoms with E-state index in [1.165, 1.54) is 0 Å². The van der Waals surface area contributed by atoms with Crippen molar-refractivity contribution in [2.75, 3.05) is 45.5 Å². The molecule has 0 spiro atoms. The Morgan fingerprint density at radius 3 is 2.55 bits per heavy atom. The van der Waals surface area contributed by atoms with Crippen LogP contribution < -0.4 is 5.73 Å². The zero-order valence-corrected chi connectivity index (χ0v) is 12.4. The highest BCUT2D eigenvalue weighted by atomic mass is 32.2. The number of fused-ring (bicyclic) bond motifs is 1. The molecule has 2 aliphatic heterocycles. The predicted molar refractivity (Wildman–Crippen MR) is 80.0 cm³/mol. The summed E-state index contributed by atoms with van der Waals surface area (Å²) in [6.45, 7) is 4.22. The lowest BCUT2D eigenvalue weighted by Crippen LogP contribution is -2.45. The van der Waals surface area contributed by atoms with Crippen LogP contribution in [0.4, 0.5) is 5.69 Å². The van der Waals surface area contributed by atoms with E-state index in [-0.39, 0.29) is 0 Å². The molecule has 0 radical (unpaired) electrons. The summed E-state index contributed by atoms with van der Waals surface area (Å²) < 4.78 is 25.0. The number of nitrogens with two attached hydrogens (primary N) is 1. The van der Waals surface area contributed by atoms with Crippen molar-refractivity contribution in [3.05, 3.63) is 28.7 Å². The average molecular weight is 293 g/mol. The SMILES string of the molecule is CN1CCN(CC2=Cc3c(N)cccc3S2(=O)=O)CC1. The molecule has 1 saturated heterocycles. The van der Waals surface area contributed by atoms with Gasteiger partial charge in [0, 0.05) is 44.0 Å². The minimum atomic E-state index is -3.36. The third-order valence-corrected chi connectivity index (χ3v) is 5.89. The van der Waals surface area contributed by atoms with Crippen LogP contribution in [0.25, 0.3) is 6.08 Å². The van der Waals surface area contributed by atoms with E-state index in [4.69, 9.17) is 5.73 Å². The third kappa shape index (κ3) is 2.24. The molecule has 2 aliphatic rings. The highest BCUT2D eigenvalue weighted by Gasteiger charge is 2.32. The van der Waals surface area contributed by atoms with Gasteiger partial charge in [0.05, 0.1) is 9.80 Å². The van der Waals surface area contributed by atoms with Gasteiger partial charge in [-0.25, -0.2) is 8.42 Å². The molecular formula is C14H19N3O2S. The molecule has 6 heteroatoms. The Bertz CT molecular complexity index is 659. The van der Waals surface area contributed by atoms with Crippen LogP contribution >= 0.6 is 0 Å². The quantitative estimate of drug-likeness (QED) is 0.811. The topological polar surface area (TPSA) is 66.6 Å². The second kappa shape index (κ2) is 4.87. The van der Waals surface area contributed by atoms with E-state index in [1.54, 1.807) is 24.3 Å². The Hall–Kier alpha value is -1.37. The zero-order valence-electron chi connectivity index (χ0n) is 11.5. The van der Waals surface area contributed by atoms with E-state index in [1.807, 2.05) is 0 Å². The maximum absolute atomic E-state index is 12.5. The number of piperazine rings is 1. The summed E-state index contributed by atoms with van der Waals surface area (Å²) in [6.07, 6.45) is 1.73. The molecule has 0 unspecified atom stereocenters. The minimum Gasteiger partial charge on any atom is -0.398 e. The summed E-state index contributed by atoms with van der Waals surface area (Å²) >= 11 is 0. The number of nitrogens with zero attached hydrogens (tertiary/aromatic N) is 2. The van der Waals surface area contributed by atoms with Crippen LogP contribution in [0.15, 0.2) is 28.0 Å². The van der Waals surface area contributed by atoms with Crippen molar-refractivity contribution >= 4 is 21.6 Å². The Morgan fingerprint density at radius 1 is 1.20 bits per heavy atom. The predicted octanol–water partition coefficient (Wildman–Crippen LogP) is 0.644. The zero-order chi connectivity index (χ0) is 14.3. The fourth-order valence-electron chi connectivity index (χ4n) is 2.69. The van der Waals surface area contributed by atoms with Crippen LogP contribution in [0, 0.1) is 0 Å². The van der Waals surface area contributed by atoms with Gasteiger partial charge in [-0.3, -0.25) is 4.90 Å². The van der Waals surface area contributed by atoms with E-state index < -0.39 is 9.84 Å². The summed E-state index contributed by atoms with van der Waals surface area (Å²) in [7, 11) is -1.27. The molecule has 0 aromatic heterocycles. The van der Waals surface area contributed by atoms with Crippen LogP contribution in [-0.2, 0) is 9.84 Å². The molecule has 0 bridgehead atoms. The molecule has 0 aliphatic carbocycles. The minimum absolute atomic E-state index is 0.349. The van der Waals surface area contributed by atoms with Crippen LogP contribution in [0.5, 0.6) is 0 Å². The number of hydrogen-bond donors (Lipinski definition) is 1. The third-order valence-electron chi connectivity index (χ3n) is 4.02. The molecule has 1 aromatic rings.